The summed E-state index contributed by atoms with van der Waals surface area (Å²) in [5.74, 6) is 2.78. The van der Waals surface area contributed by atoms with Crippen LogP contribution in [0.2, 0.25) is 0 Å². The van der Waals surface area contributed by atoms with Crippen LogP contribution in [0.15, 0.2) is 18.2 Å². The van der Waals surface area contributed by atoms with Crippen molar-refractivity contribution in [2.24, 2.45) is 5.92 Å². The largest absolute Gasteiger partial charge is 0.454 e. The monoisotopic (exact) mass is 387 g/mol. The van der Waals surface area contributed by atoms with Gasteiger partial charge < -0.3 is 19.7 Å². The average molecular weight is 388 g/mol. The standard InChI is InChI=1S/C22H33N3O3/c1-2-21(26)23-18-8-6-17(7-9-18)10-11-24-12-14-25(15-13-24)19-4-3-5-20-22(19)28-16-27-20/h3-5,17-18H,2,6-16H2,1H3,(H,23,26). The third-order valence-corrected chi connectivity index (χ3v) is 6.48. The van der Waals surface area contributed by atoms with Crippen molar-refractivity contribution < 1.29 is 14.3 Å². The summed E-state index contributed by atoms with van der Waals surface area (Å²) < 4.78 is 11.2. The number of carbonyl (C=O) groups excluding carboxylic acids is 1. The molecule has 0 bridgehead atoms. The number of nitrogens with one attached hydrogen (secondary N) is 1. The molecule has 1 aliphatic carbocycles. The highest BCUT2D eigenvalue weighted by molar-refractivity contribution is 5.75. The van der Waals surface area contributed by atoms with Gasteiger partial charge in [0, 0.05) is 38.6 Å². The van der Waals surface area contributed by atoms with Gasteiger partial charge in [0.2, 0.25) is 12.7 Å². The first-order valence-electron chi connectivity index (χ1n) is 10.9. The van der Waals surface area contributed by atoms with E-state index in [0.29, 0.717) is 19.3 Å². The number of anilines is 1. The van der Waals surface area contributed by atoms with Crippen LogP contribution in [-0.4, -0.2) is 56.4 Å². The van der Waals surface area contributed by atoms with Gasteiger partial charge in [-0.1, -0.05) is 13.0 Å². The highest BCUT2D eigenvalue weighted by Crippen LogP contribution is 2.41. The van der Waals surface area contributed by atoms with Gasteiger partial charge in [0.25, 0.3) is 0 Å². The fourth-order valence-electron chi connectivity index (χ4n) is 4.67. The van der Waals surface area contributed by atoms with Crippen molar-refractivity contribution in [2.45, 2.75) is 51.5 Å². The molecular weight excluding hydrogens is 354 g/mol. The maximum absolute atomic E-state index is 11.5. The molecule has 1 aromatic carbocycles. The van der Waals surface area contributed by atoms with Crippen molar-refractivity contribution in [3.05, 3.63) is 18.2 Å². The first-order chi connectivity index (χ1) is 13.7. The molecule has 0 aromatic heterocycles. The van der Waals surface area contributed by atoms with Crippen molar-refractivity contribution >= 4 is 11.6 Å². The lowest BCUT2D eigenvalue weighted by atomic mass is 9.84. The normalized spacial score (nSPS) is 25.0. The maximum atomic E-state index is 11.5. The molecule has 6 heteroatoms. The van der Waals surface area contributed by atoms with E-state index in [9.17, 15) is 4.79 Å². The summed E-state index contributed by atoms with van der Waals surface area (Å²) in [6.07, 6.45) is 6.67. The predicted molar refractivity (Wildman–Crippen MR) is 110 cm³/mol. The molecule has 1 saturated carbocycles. The van der Waals surface area contributed by atoms with Gasteiger partial charge in [-0.25, -0.2) is 0 Å². The number of para-hydroxylation sites is 1. The van der Waals surface area contributed by atoms with Crippen LogP contribution in [0.25, 0.3) is 0 Å². The van der Waals surface area contributed by atoms with Gasteiger partial charge in [-0.15, -0.1) is 0 Å². The number of fused-ring (bicyclic) bond motifs is 1. The van der Waals surface area contributed by atoms with Crippen molar-refractivity contribution in [1.82, 2.24) is 10.2 Å². The van der Waals surface area contributed by atoms with Crippen LogP contribution in [0.5, 0.6) is 11.5 Å². The molecule has 1 saturated heterocycles. The van der Waals surface area contributed by atoms with E-state index in [1.165, 1.54) is 31.5 Å². The molecule has 2 heterocycles. The van der Waals surface area contributed by atoms with Gasteiger partial charge in [-0.2, -0.15) is 0 Å². The zero-order valence-corrected chi connectivity index (χ0v) is 17.0. The number of rotatable bonds is 6. The lowest BCUT2D eigenvalue weighted by Gasteiger charge is -2.37. The van der Waals surface area contributed by atoms with Crippen LogP contribution < -0.4 is 19.7 Å². The van der Waals surface area contributed by atoms with Crippen molar-refractivity contribution in [2.75, 3.05) is 44.4 Å². The molecule has 4 rings (SSSR count). The smallest absolute Gasteiger partial charge is 0.231 e. The van der Waals surface area contributed by atoms with E-state index in [4.69, 9.17) is 9.47 Å². The Morgan fingerprint density at radius 2 is 1.89 bits per heavy atom. The molecule has 0 unspecified atom stereocenters. The molecule has 0 radical (unpaired) electrons. The Labute approximate surface area is 168 Å². The van der Waals surface area contributed by atoms with Crippen LogP contribution in [0.3, 0.4) is 0 Å². The lowest BCUT2D eigenvalue weighted by Crippen LogP contribution is -2.47. The van der Waals surface area contributed by atoms with Gasteiger partial charge in [0.1, 0.15) is 0 Å². The summed E-state index contributed by atoms with van der Waals surface area (Å²) >= 11 is 0. The Kier molecular flexibility index (Phi) is 6.25. The Bertz CT molecular complexity index is 665. The lowest BCUT2D eigenvalue weighted by molar-refractivity contribution is -0.121. The number of carbonyl (C=O) groups is 1. The Hall–Kier alpha value is -1.95. The summed E-state index contributed by atoms with van der Waals surface area (Å²) in [5, 5.41) is 3.16. The van der Waals surface area contributed by atoms with Crippen LogP contribution in [0.1, 0.15) is 45.4 Å². The van der Waals surface area contributed by atoms with Gasteiger partial charge in [-0.3, -0.25) is 9.69 Å². The third kappa shape index (κ3) is 4.54. The average Bonchev–Trinajstić information content (AvgIpc) is 3.22. The third-order valence-electron chi connectivity index (χ3n) is 6.48. The quantitative estimate of drug-likeness (QED) is 0.813. The van der Waals surface area contributed by atoms with E-state index in [1.807, 2.05) is 13.0 Å². The second-order valence-corrected chi connectivity index (χ2v) is 8.27. The first-order valence-corrected chi connectivity index (χ1v) is 10.9. The number of hydrogen-bond acceptors (Lipinski definition) is 5. The molecule has 1 amide bonds. The molecule has 6 nitrogen and oxygen atoms in total. The van der Waals surface area contributed by atoms with E-state index in [2.05, 4.69) is 27.2 Å². The van der Waals surface area contributed by atoms with Gasteiger partial charge >= 0.3 is 0 Å². The molecule has 1 N–H and O–H groups in total. The van der Waals surface area contributed by atoms with Gasteiger partial charge in [0.15, 0.2) is 11.5 Å². The Balaban J connectivity index is 1.18. The Morgan fingerprint density at radius 3 is 2.64 bits per heavy atom. The molecule has 28 heavy (non-hydrogen) atoms. The van der Waals surface area contributed by atoms with Crippen LogP contribution >= 0.6 is 0 Å². The zero-order valence-electron chi connectivity index (χ0n) is 17.0. The topological polar surface area (TPSA) is 54.0 Å². The summed E-state index contributed by atoms with van der Waals surface area (Å²) in [5.41, 5.74) is 1.17. The number of benzene rings is 1. The highest BCUT2D eigenvalue weighted by Gasteiger charge is 2.26. The molecule has 0 spiro atoms. The Morgan fingerprint density at radius 1 is 1.11 bits per heavy atom. The summed E-state index contributed by atoms with van der Waals surface area (Å²) in [6, 6.07) is 6.57. The zero-order chi connectivity index (χ0) is 19.3. The minimum Gasteiger partial charge on any atom is -0.454 e. The van der Waals surface area contributed by atoms with E-state index in [0.717, 1.165) is 56.4 Å². The second-order valence-electron chi connectivity index (χ2n) is 8.27. The highest BCUT2D eigenvalue weighted by atomic mass is 16.7. The maximum Gasteiger partial charge on any atom is 0.231 e. The summed E-state index contributed by atoms with van der Waals surface area (Å²) in [4.78, 5) is 16.6. The molecule has 0 atom stereocenters. The number of ether oxygens (including phenoxy) is 2. The summed E-state index contributed by atoms with van der Waals surface area (Å²) in [7, 11) is 0. The molecular formula is C22H33N3O3. The van der Waals surface area contributed by atoms with Crippen LogP contribution in [0.4, 0.5) is 5.69 Å². The van der Waals surface area contributed by atoms with Crippen LogP contribution in [0, 0.1) is 5.92 Å². The minimum atomic E-state index is 0.197. The molecule has 1 aromatic rings. The predicted octanol–water partition coefficient (Wildman–Crippen LogP) is 3.01. The van der Waals surface area contributed by atoms with Crippen molar-refractivity contribution in [3.8, 4) is 11.5 Å². The SMILES string of the molecule is CCC(=O)NC1CCC(CCN2CCN(c3cccc4c3OCO4)CC2)CC1. The van der Waals surface area contributed by atoms with Gasteiger partial charge in [-0.05, 0) is 56.7 Å². The fraction of sp³-hybridized carbons (Fsp3) is 0.682. The number of hydrogen-bond donors (Lipinski definition) is 1. The second kappa shape index (κ2) is 9.03. The number of piperazine rings is 1. The molecule has 2 fully saturated rings. The van der Waals surface area contributed by atoms with E-state index in [-0.39, 0.29) is 5.91 Å². The molecule has 2 aliphatic heterocycles. The summed E-state index contributed by atoms with van der Waals surface area (Å²) in [6.45, 7) is 7.73. The first kappa shape index (κ1) is 19.4. The fourth-order valence-corrected chi connectivity index (χ4v) is 4.67. The van der Waals surface area contributed by atoms with Crippen molar-refractivity contribution in [3.63, 3.8) is 0 Å². The van der Waals surface area contributed by atoms with E-state index >= 15 is 0 Å². The number of amides is 1. The minimum absolute atomic E-state index is 0.197. The van der Waals surface area contributed by atoms with E-state index < -0.39 is 0 Å². The van der Waals surface area contributed by atoms with Crippen molar-refractivity contribution in [1.29, 1.82) is 0 Å². The van der Waals surface area contributed by atoms with Crippen LogP contribution in [-0.2, 0) is 4.79 Å². The van der Waals surface area contributed by atoms with Gasteiger partial charge in [0.05, 0.1) is 5.69 Å². The number of nitrogens with zero attached hydrogens (tertiary/aromatic N) is 2. The molecule has 3 aliphatic rings. The van der Waals surface area contributed by atoms with E-state index in [1.54, 1.807) is 0 Å². The molecule has 154 valence electrons.